The molecule has 0 aliphatic rings. The first kappa shape index (κ1) is 16.0. The summed E-state index contributed by atoms with van der Waals surface area (Å²) >= 11 is 3.40. The molecule has 0 amide bonds. The van der Waals surface area contributed by atoms with Gasteiger partial charge in [0.2, 0.25) is 0 Å². The molecule has 0 saturated carbocycles. The predicted molar refractivity (Wildman–Crippen MR) is 99.5 cm³/mol. The third-order valence-electron chi connectivity index (χ3n) is 3.79. The van der Waals surface area contributed by atoms with E-state index in [0.29, 0.717) is 0 Å². The van der Waals surface area contributed by atoms with E-state index < -0.39 is 0 Å². The van der Waals surface area contributed by atoms with Crippen LogP contribution in [0.2, 0.25) is 0 Å². The number of thioether (sulfide) groups is 1. The van der Waals surface area contributed by atoms with E-state index in [4.69, 9.17) is 0 Å². The van der Waals surface area contributed by atoms with Gasteiger partial charge in [0.1, 0.15) is 0 Å². The van der Waals surface area contributed by atoms with Crippen molar-refractivity contribution < 1.29 is 4.79 Å². The fourth-order valence-electron chi connectivity index (χ4n) is 2.66. The Hall–Kier alpha value is -1.91. The van der Waals surface area contributed by atoms with Crippen LogP contribution in [0.15, 0.2) is 53.7 Å². The third-order valence-corrected chi connectivity index (χ3v) is 5.93. The van der Waals surface area contributed by atoms with E-state index in [1.54, 1.807) is 42.4 Å². The highest BCUT2D eigenvalue weighted by molar-refractivity contribution is 7.98. The molecule has 3 rings (SSSR count). The average Bonchev–Trinajstić information content (AvgIpc) is 2.93. The number of ketones is 1. The smallest absolute Gasteiger partial charge is 0.161 e. The minimum Gasteiger partial charge on any atom is -0.294 e. The lowest BCUT2D eigenvalue weighted by molar-refractivity contribution is 0.101. The summed E-state index contributed by atoms with van der Waals surface area (Å²) in [6, 6.07) is 12.4. The van der Waals surface area contributed by atoms with Crippen LogP contribution in [0.25, 0.3) is 20.9 Å². The molecule has 0 radical (unpaired) electrons. The number of benzene rings is 1. The summed E-state index contributed by atoms with van der Waals surface area (Å²) in [7, 11) is 0. The van der Waals surface area contributed by atoms with E-state index >= 15 is 0 Å². The SMILES string of the molecule is CSc1ccc(-c2sc(-c3ccncc3)c(C)c2C(C)=O)cc1. The molecule has 2 aromatic heterocycles. The normalized spacial score (nSPS) is 10.7. The third kappa shape index (κ3) is 3.09. The van der Waals surface area contributed by atoms with Gasteiger partial charge in [-0.3, -0.25) is 9.78 Å². The first-order chi connectivity index (χ1) is 11.1. The highest BCUT2D eigenvalue weighted by Gasteiger charge is 2.20. The van der Waals surface area contributed by atoms with Crippen molar-refractivity contribution in [3.8, 4) is 20.9 Å². The Bertz CT molecular complexity index is 836. The van der Waals surface area contributed by atoms with Gasteiger partial charge in [0.05, 0.1) is 0 Å². The Kier molecular flexibility index (Phi) is 4.64. The molecule has 0 unspecified atom stereocenters. The highest BCUT2D eigenvalue weighted by Crippen LogP contribution is 2.42. The summed E-state index contributed by atoms with van der Waals surface area (Å²) in [6.07, 6.45) is 5.64. The second kappa shape index (κ2) is 6.69. The van der Waals surface area contributed by atoms with Crippen molar-refractivity contribution in [3.05, 3.63) is 59.9 Å². The predicted octanol–water partition coefficient (Wildman–Crippen LogP) is 5.71. The van der Waals surface area contributed by atoms with Crippen LogP contribution in [-0.2, 0) is 0 Å². The number of nitrogens with zero attached hydrogens (tertiary/aromatic N) is 1. The first-order valence-corrected chi connectivity index (χ1v) is 9.35. The summed E-state index contributed by atoms with van der Waals surface area (Å²) in [5.74, 6) is 0.114. The molecule has 0 aliphatic carbocycles. The molecule has 2 heterocycles. The van der Waals surface area contributed by atoms with Crippen LogP contribution in [0.3, 0.4) is 0 Å². The monoisotopic (exact) mass is 339 g/mol. The van der Waals surface area contributed by atoms with Crippen LogP contribution in [0, 0.1) is 6.92 Å². The molecule has 0 aliphatic heterocycles. The van der Waals surface area contributed by atoms with Gasteiger partial charge in [-0.25, -0.2) is 0 Å². The number of Topliss-reactive ketones (excluding diaryl/α,β-unsaturated/α-hetero) is 1. The quantitative estimate of drug-likeness (QED) is 0.450. The van der Waals surface area contributed by atoms with Gasteiger partial charge in [-0.05, 0) is 61.1 Å². The summed E-state index contributed by atoms with van der Waals surface area (Å²) < 4.78 is 0. The number of carbonyl (C=O) groups is 1. The summed E-state index contributed by atoms with van der Waals surface area (Å²) in [5.41, 5.74) is 4.09. The molecule has 0 saturated heterocycles. The zero-order chi connectivity index (χ0) is 16.4. The Morgan fingerprint density at radius 3 is 2.17 bits per heavy atom. The van der Waals surface area contributed by atoms with E-state index in [9.17, 15) is 4.79 Å². The van der Waals surface area contributed by atoms with Gasteiger partial charge in [-0.2, -0.15) is 0 Å². The zero-order valence-electron chi connectivity index (χ0n) is 13.3. The van der Waals surface area contributed by atoms with E-state index in [1.807, 2.05) is 19.1 Å². The Morgan fingerprint density at radius 2 is 1.61 bits per heavy atom. The topological polar surface area (TPSA) is 30.0 Å². The Balaban J connectivity index is 2.18. The van der Waals surface area contributed by atoms with Crippen LogP contribution in [0.5, 0.6) is 0 Å². The summed E-state index contributed by atoms with van der Waals surface area (Å²) in [5, 5.41) is 0. The number of hydrogen-bond donors (Lipinski definition) is 0. The molecule has 0 spiro atoms. The van der Waals surface area contributed by atoms with E-state index in [2.05, 4.69) is 35.5 Å². The molecule has 0 atom stereocenters. The van der Waals surface area contributed by atoms with Crippen molar-refractivity contribution in [2.45, 2.75) is 18.7 Å². The van der Waals surface area contributed by atoms with E-state index in [-0.39, 0.29) is 5.78 Å². The number of pyridine rings is 1. The maximum atomic E-state index is 12.2. The number of thiophene rings is 1. The van der Waals surface area contributed by atoms with Crippen LogP contribution in [0.4, 0.5) is 0 Å². The zero-order valence-corrected chi connectivity index (χ0v) is 14.9. The Morgan fingerprint density at radius 1 is 1.00 bits per heavy atom. The summed E-state index contributed by atoms with van der Waals surface area (Å²) in [4.78, 5) is 19.7. The van der Waals surface area contributed by atoms with Gasteiger partial charge >= 0.3 is 0 Å². The maximum Gasteiger partial charge on any atom is 0.161 e. The number of aromatic nitrogens is 1. The minimum atomic E-state index is 0.114. The molecular formula is C19H17NOS2. The molecular weight excluding hydrogens is 322 g/mol. The van der Waals surface area contributed by atoms with Gasteiger partial charge in [-0.1, -0.05) is 12.1 Å². The van der Waals surface area contributed by atoms with Gasteiger partial charge in [0.15, 0.2) is 5.78 Å². The lowest BCUT2D eigenvalue weighted by Crippen LogP contribution is -1.95. The lowest BCUT2D eigenvalue weighted by atomic mass is 10.0. The molecule has 23 heavy (non-hydrogen) atoms. The van der Waals surface area contributed by atoms with Gasteiger partial charge in [0.25, 0.3) is 0 Å². The van der Waals surface area contributed by atoms with Crippen molar-refractivity contribution in [2.75, 3.05) is 6.26 Å². The minimum absolute atomic E-state index is 0.114. The van der Waals surface area contributed by atoms with Crippen LogP contribution >= 0.6 is 23.1 Å². The fourth-order valence-corrected chi connectivity index (χ4v) is 4.44. The van der Waals surface area contributed by atoms with Crippen molar-refractivity contribution in [3.63, 3.8) is 0 Å². The van der Waals surface area contributed by atoms with Crippen LogP contribution in [-0.4, -0.2) is 17.0 Å². The lowest BCUT2D eigenvalue weighted by Gasteiger charge is -2.03. The van der Waals surface area contributed by atoms with Crippen molar-refractivity contribution in [1.82, 2.24) is 4.98 Å². The molecule has 4 heteroatoms. The van der Waals surface area contributed by atoms with Crippen molar-refractivity contribution in [1.29, 1.82) is 0 Å². The molecule has 0 fully saturated rings. The summed E-state index contributed by atoms with van der Waals surface area (Å²) in [6.45, 7) is 3.67. The largest absolute Gasteiger partial charge is 0.294 e. The molecule has 2 nitrogen and oxygen atoms in total. The van der Waals surface area contributed by atoms with Crippen LogP contribution < -0.4 is 0 Å². The van der Waals surface area contributed by atoms with Crippen molar-refractivity contribution in [2.24, 2.45) is 0 Å². The average molecular weight is 339 g/mol. The second-order valence-corrected chi connectivity index (χ2v) is 7.18. The molecule has 116 valence electrons. The second-order valence-electron chi connectivity index (χ2n) is 5.28. The molecule has 0 N–H and O–H groups in total. The van der Waals surface area contributed by atoms with E-state index in [1.165, 1.54) is 4.90 Å². The van der Waals surface area contributed by atoms with Crippen molar-refractivity contribution >= 4 is 28.9 Å². The number of carbonyl (C=O) groups excluding carboxylic acids is 1. The Labute approximate surface area is 144 Å². The number of hydrogen-bond acceptors (Lipinski definition) is 4. The number of rotatable bonds is 4. The van der Waals surface area contributed by atoms with Crippen LogP contribution in [0.1, 0.15) is 22.8 Å². The molecule has 1 aromatic carbocycles. The standard InChI is InChI=1S/C19H17NOS2/c1-12-17(13(2)21)19(14-4-6-16(22-3)7-5-14)23-18(12)15-8-10-20-11-9-15/h4-11H,1-3H3. The van der Waals surface area contributed by atoms with Gasteiger partial charge in [0, 0.05) is 32.6 Å². The van der Waals surface area contributed by atoms with Gasteiger partial charge in [-0.15, -0.1) is 23.1 Å². The van der Waals surface area contributed by atoms with Gasteiger partial charge < -0.3 is 0 Å². The highest BCUT2D eigenvalue weighted by atomic mass is 32.2. The first-order valence-electron chi connectivity index (χ1n) is 7.31. The molecule has 3 aromatic rings. The van der Waals surface area contributed by atoms with E-state index in [0.717, 1.165) is 32.0 Å². The maximum absolute atomic E-state index is 12.2. The fraction of sp³-hybridized carbons (Fsp3) is 0.158. The molecule has 0 bridgehead atoms.